The minimum Gasteiger partial charge on any atom is -0.347 e. The van der Waals surface area contributed by atoms with Crippen LogP contribution < -0.4 is 5.43 Å². The van der Waals surface area contributed by atoms with Crippen LogP contribution in [0.15, 0.2) is 10.9 Å². The topological polar surface area (TPSA) is 39.1 Å². The van der Waals surface area contributed by atoms with Crippen LogP contribution in [0.25, 0.3) is 10.9 Å². The van der Waals surface area contributed by atoms with E-state index in [1.807, 2.05) is 45.4 Å². The maximum Gasteiger partial charge on any atom is 0.200 e. The van der Waals surface area contributed by atoms with Gasteiger partial charge in [0.1, 0.15) is 0 Å². The normalized spacial score (nSPS) is 10.3. The van der Waals surface area contributed by atoms with Crippen molar-refractivity contribution in [1.82, 2.24) is 4.57 Å². The number of benzene rings is 1. The molecule has 0 radical (unpaired) electrons. The quantitative estimate of drug-likeness (QED) is 0.410. The molecule has 3 nitrogen and oxygen atoms in total. The number of aryl methyl sites for hydroxylation is 3. The molecule has 114 valence electrons. The van der Waals surface area contributed by atoms with Crippen LogP contribution in [0, 0.1) is 27.7 Å². The summed E-state index contributed by atoms with van der Waals surface area (Å²) in [5.41, 5.74) is 5.04. The van der Waals surface area contributed by atoms with E-state index in [-0.39, 0.29) is 11.2 Å². The number of carbonyl (C=O) groups is 1. The first-order valence-corrected chi connectivity index (χ1v) is 12.8. The van der Waals surface area contributed by atoms with Crippen LogP contribution in [0.3, 0.4) is 0 Å². The zero-order valence-electron chi connectivity index (χ0n) is 13.1. The number of fused-ring (bicyclic) bond motifs is 1. The first-order chi connectivity index (χ1) is 9.77. The smallest absolute Gasteiger partial charge is 0.200 e. The van der Waals surface area contributed by atoms with Gasteiger partial charge < -0.3 is 4.57 Å². The highest BCUT2D eigenvalue weighted by Crippen LogP contribution is 2.24. The van der Waals surface area contributed by atoms with E-state index in [4.69, 9.17) is 0 Å². The lowest BCUT2D eigenvalue weighted by atomic mass is 9.96. The van der Waals surface area contributed by atoms with Crippen molar-refractivity contribution in [1.29, 1.82) is 0 Å². The number of pyridine rings is 1. The molecule has 0 atom stereocenters. The Morgan fingerprint density at radius 3 is 2.10 bits per heavy atom. The van der Waals surface area contributed by atoms with Gasteiger partial charge in [0.05, 0.1) is 11.1 Å². The maximum atomic E-state index is 12.6. The molecular formula is C16H19I2NO2. The van der Waals surface area contributed by atoms with Gasteiger partial charge in [0, 0.05) is 55.4 Å². The van der Waals surface area contributed by atoms with Crippen molar-refractivity contribution in [2.24, 2.45) is 7.05 Å². The number of rotatable bonds is 1. The summed E-state index contributed by atoms with van der Waals surface area (Å²) in [6.45, 7) is 9.27. The molecule has 0 N–H and O–H groups in total. The lowest BCUT2D eigenvalue weighted by Gasteiger charge is -2.16. The van der Waals surface area contributed by atoms with Crippen molar-refractivity contribution in [3.05, 3.63) is 44.2 Å². The summed E-state index contributed by atoms with van der Waals surface area (Å²) in [6.07, 6.45) is 0. The average molecular weight is 511 g/mol. The zero-order chi connectivity index (χ0) is 16.5. The summed E-state index contributed by atoms with van der Waals surface area (Å²) in [6, 6.07) is 2.02. The van der Waals surface area contributed by atoms with Gasteiger partial charge >= 0.3 is 0 Å². The second-order valence-electron chi connectivity index (χ2n) is 5.24. The molecule has 0 unspecified atom stereocenters. The van der Waals surface area contributed by atoms with E-state index in [1.165, 1.54) is 6.92 Å². The van der Waals surface area contributed by atoms with E-state index >= 15 is 0 Å². The van der Waals surface area contributed by atoms with E-state index in [1.54, 1.807) is 0 Å². The second-order valence-corrected chi connectivity index (χ2v) is 5.24. The number of nitrogens with zero attached hydrogens (tertiary/aromatic N) is 1. The molecule has 0 bridgehead atoms. The molecule has 2 aromatic rings. The van der Waals surface area contributed by atoms with Crippen LogP contribution in [0.1, 0.15) is 39.7 Å². The number of Topliss-reactive ketones (excluding diaryl/α,β-unsaturated/α-hetero) is 1. The Hall–Kier alpha value is -0.440. The summed E-state index contributed by atoms with van der Waals surface area (Å²) in [4.78, 5) is 24.3. The third kappa shape index (κ3) is 3.18. The maximum absolute atomic E-state index is 12.6. The minimum absolute atomic E-state index is 0.140. The number of carbonyl (C=O) groups excluding carboxylic acids is 1. The zero-order valence-corrected chi connectivity index (χ0v) is 17.4. The molecule has 0 aliphatic carbocycles. The van der Waals surface area contributed by atoms with Crippen molar-refractivity contribution in [3.8, 4) is 0 Å². The molecular weight excluding hydrogens is 492 g/mol. The number of hydrogen-bond acceptors (Lipinski definition) is 2. The van der Waals surface area contributed by atoms with Gasteiger partial charge in [0.15, 0.2) is 5.78 Å². The molecule has 0 aliphatic heterocycles. The molecule has 1 aromatic heterocycles. The largest absolute Gasteiger partial charge is 0.347 e. The van der Waals surface area contributed by atoms with Gasteiger partial charge in [-0.15, -0.1) is 0 Å². The van der Waals surface area contributed by atoms with Crippen molar-refractivity contribution < 1.29 is 4.79 Å². The van der Waals surface area contributed by atoms with Gasteiger partial charge in [0.25, 0.3) is 0 Å². The van der Waals surface area contributed by atoms with Crippen LogP contribution in [-0.4, -0.2) is 10.4 Å². The van der Waals surface area contributed by atoms with E-state index in [9.17, 15) is 9.59 Å². The molecule has 0 fully saturated rings. The third-order valence-electron chi connectivity index (χ3n) is 4.17. The van der Waals surface area contributed by atoms with Crippen molar-refractivity contribution in [3.63, 3.8) is 0 Å². The molecule has 0 spiro atoms. The molecule has 1 aromatic carbocycles. The molecule has 21 heavy (non-hydrogen) atoms. The molecule has 0 amide bonds. The molecule has 2 rings (SSSR count). The third-order valence-corrected chi connectivity index (χ3v) is 4.17. The predicted octanol–water partition coefficient (Wildman–Crippen LogP) is 4.75. The van der Waals surface area contributed by atoms with Gasteiger partial charge in [-0.1, -0.05) is 0 Å². The van der Waals surface area contributed by atoms with E-state index < -0.39 is 0 Å². The minimum atomic E-state index is -0.169. The number of aromatic nitrogens is 1. The molecule has 0 aliphatic rings. The van der Waals surface area contributed by atoms with Gasteiger partial charge in [-0.05, 0) is 57.4 Å². The number of halogens is 2. The molecule has 5 heteroatoms. The van der Waals surface area contributed by atoms with Crippen LogP contribution >= 0.6 is 37.2 Å². The van der Waals surface area contributed by atoms with E-state index in [2.05, 4.69) is 37.2 Å². The Morgan fingerprint density at radius 1 is 1.10 bits per heavy atom. The van der Waals surface area contributed by atoms with Gasteiger partial charge in [0.2, 0.25) is 5.43 Å². The van der Waals surface area contributed by atoms with Crippen LogP contribution in [0.4, 0.5) is 0 Å². The fraction of sp³-hybridized carbons (Fsp3) is 0.375. The molecule has 0 saturated heterocycles. The van der Waals surface area contributed by atoms with Crippen molar-refractivity contribution in [2.75, 3.05) is 0 Å². The average Bonchev–Trinajstić information content (AvgIpc) is 2.44. The van der Waals surface area contributed by atoms with Gasteiger partial charge in [-0.25, -0.2) is 0 Å². The van der Waals surface area contributed by atoms with Crippen LogP contribution in [0.5, 0.6) is 0 Å². The summed E-state index contributed by atoms with van der Waals surface area (Å²) in [5.74, 6) is -0.169. The van der Waals surface area contributed by atoms with E-state index in [0.717, 1.165) is 27.9 Å². The van der Waals surface area contributed by atoms with Crippen LogP contribution in [-0.2, 0) is 7.05 Å². The number of ketones is 1. The summed E-state index contributed by atoms with van der Waals surface area (Å²) >= 11 is 4.24. The SMILES string of the molecule is CC(=O)c1c(C)n(C)c2cc(C)c(C)c(C)c2c1=O.II. The van der Waals surface area contributed by atoms with Crippen LogP contribution in [0.2, 0.25) is 0 Å². The summed E-state index contributed by atoms with van der Waals surface area (Å²) in [7, 11) is 1.90. The highest BCUT2D eigenvalue weighted by atomic mass is 128. The Kier molecular flexibility index (Phi) is 6.39. The lowest BCUT2D eigenvalue weighted by molar-refractivity contribution is 0.101. The molecule has 1 heterocycles. The summed E-state index contributed by atoms with van der Waals surface area (Å²) < 4.78 is 1.94. The monoisotopic (exact) mass is 511 g/mol. The second kappa shape index (κ2) is 7.21. The fourth-order valence-corrected chi connectivity index (χ4v) is 2.66. The first kappa shape index (κ1) is 18.6. The Morgan fingerprint density at radius 2 is 1.62 bits per heavy atom. The van der Waals surface area contributed by atoms with Crippen molar-refractivity contribution >= 4 is 53.9 Å². The Bertz CT molecular complexity index is 776. The Labute approximate surface area is 148 Å². The van der Waals surface area contributed by atoms with Gasteiger partial charge in [-0.3, -0.25) is 9.59 Å². The highest BCUT2D eigenvalue weighted by Gasteiger charge is 2.18. The molecule has 0 saturated carbocycles. The Balaban J connectivity index is 0.00000106. The fourth-order valence-electron chi connectivity index (χ4n) is 2.66. The standard InChI is InChI=1S/C16H19NO2.I2/c1-8-7-13-14(10(3)9(8)2)16(19)15(12(5)18)11(4)17(13)6;1-2/h7H,1-6H3;. The highest BCUT2D eigenvalue weighted by molar-refractivity contribution is 15.0. The number of hydrogen-bond donors (Lipinski definition) is 0. The van der Waals surface area contributed by atoms with Crippen molar-refractivity contribution in [2.45, 2.75) is 34.6 Å². The van der Waals surface area contributed by atoms with Gasteiger partial charge in [-0.2, -0.15) is 0 Å². The van der Waals surface area contributed by atoms with E-state index in [0.29, 0.717) is 10.9 Å². The summed E-state index contributed by atoms with van der Waals surface area (Å²) in [5, 5.41) is 0.668. The first-order valence-electron chi connectivity index (χ1n) is 6.52. The predicted molar refractivity (Wildman–Crippen MR) is 106 cm³/mol. The lowest BCUT2D eigenvalue weighted by Crippen LogP contribution is -2.21.